The molecule has 0 spiro atoms. The summed E-state index contributed by atoms with van der Waals surface area (Å²) >= 11 is 6.99. The predicted molar refractivity (Wildman–Crippen MR) is 49.1 cm³/mol. The zero-order chi connectivity index (χ0) is 6.57. The first-order chi connectivity index (χ1) is 3.68. The minimum atomic E-state index is -0.852. The second kappa shape index (κ2) is 4.76. The number of halogens is 2. The Balaban J connectivity index is 3.33. The molecule has 0 radical (unpaired) electrons. The highest BCUT2D eigenvalue weighted by Gasteiger charge is 2.02. The second-order valence-electron chi connectivity index (χ2n) is 1.71. The molecule has 0 saturated heterocycles. The molecular weight excluding hydrogens is 248 g/mol. The van der Waals surface area contributed by atoms with Crippen LogP contribution in [0, 0.1) is 0 Å². The summed E-state index contributed by atoms with van der Waals surface area (Å²) in [6.45, 7) is 6.08. The highest BCUT2D eigenvalue weighted by molar-refractivity contribution is 9.49. The van der Waals surface area contributed by atoms with Crippen molar-refractivity contribution in [3.05, 3.63) is 11.8 Å². The van der Waals surface area contributed by atoms with E-state index in [1.165, 1.54) is 11.6 Å². The van der Waals surface area contributed by atoms with Gasteiger partial charge in [0.15, 0.2) is 0 Å². The van der Waals surface area contributed by atoms with E-state index in [-0.39, 0.29) is 0 Å². The fraction of sp³-hybridized carbons (Fsp3) is 0.600. The molecule has 0 rings (SSSR count). The van der Waals surface area contributed by atoms with E-state index in [1.807, 2.05) is 0 Å². The number of allylic oxidation sites excluding steroid dienone is 1. The Kier molecular flexibility index (Phi) is 5.31. The fourth-order valence-electron chi connectivity index (χ4n) is 0.430. The summed E-state index contributed by atoms with van der Waals surface area (Å²) in [5.41, 5.74) is 0. The zero-order valence-electron chi connectivity index (χ0n) is 4.95. The van der Waals surface area contributed by atoms with Gasteiger partial charge in [0, 0.05) is 0 Å². The van der Waals surface area contributed by atoms with Crippen molar-refractivity contribution in [3.63, 3.8) is 0 Å². The monoisotopic (exact) mass is 256 g/mol. The highest BCUT2D eigenvalue weighted by Crippen LogP contribution is 2.15. The molecule has 0 unspecified atom stereocenters. The van der Waals surface area contributed by atoms with Gasteiger partial charge in [0.1, 0.15) is 0 Å². The van der Waals surface area contributed by atoms with Gasteiger partial charge in [-0.05, 0) is 6.42 Å². The van der Waals surface area contributed by atoms with E-state index in [9.17, 15) is 0 Å². The third-order valence-electron chi connectivity index (χ3n) is 0.880. The molecule has 8 heavy (non-hydrogen) atoms. The van der Waals surface area contributed by atoms with Crippen LogP contribution in [-0.2, 0) is 0 Å². The number of rotatable bonds is 3. The van der Waals surface area contributed by atoms with Gasteiger partial charge in [-0.1, -0.05) is 18.5 Å². The summed E-state index contributed by atoms with van der Waals surface area (Å²) in [5.74, 6) is 0. The quantitative estimate of drug-likeness (QED) is 0.539. The Morgan fingerprint density at radius 3 is 2.25 bits per heavy atom. The summed E-state index contributed by atoms with van der Waals surface area (Å²) < 4.78 is 0. The highest BCUT2D eigenvalue weighted by atomic mass is 79.9. The maximum Gasteiger partial charge on any atom is 0.211 e. The van der Waals surface area contributed by atoms with Crippen LogP contribution in [0.25, 0.3) is 0 Å². The minimum absolute atomic E-state index is 0.852. The van der Waals surface area contributed by atoms with Gasteiger partial charge in [-0.25, -0.2) is 0 Å². The first kappa shape index (κ1) is 8.92. The van der Waals surface area contributed by atoms with Crippen molar-refractivity contribution in [1.29, 1.82) is 0 Å². The summed E-state index contributed by atoms with van der Waals surface area (Å²) in [6, 6.07) is -0.852. The van der Waals surface area contributed by atoms with Crippen LogP contribution in [0.2, 0.25) is 0 Å². The van der Waals surface area contributed by atoms with Crippen molar-refractivity contribution in [2.24, 2.45) is 0 Å². The lowest BCUT2D eigenvalue weighted by Gasteiger charge is -2.00. The molecule has 0 aromatic rings. The lowest BCUT2D eigenvalue weighted by atomic mass is 10.3. The molecule has 0 nitrogen and oxygen atoms in total. The Hall–Kier alpha value is 0.917. The summed E-state index contributed by atoms with van der Waals surface area (Å²) in [4.78, 5) is 0. The molecule has 0 aliphatic carbocycles. The van der Waals surface area contributed by atoms with E-state index in [0.717, 1.165) is 6.42 Å². The molecule has 3 heteroatoms. The van der Waals surface area contributed by atoms with E-state index < -0.39 is 6.04 Å². The Morgan fingerprint density at radius 2 is 2.12 bits per heavy atom. The SMILES string of the molecule is C=C(CCC)[SiH](Br)Br. The third-order valence-corrected chi connectivity index (χ3v) is 5.67. The van der Waals surface area contributed by atoms with Gasteiger partial charge in [-0.3, -0.25) is 0 Å². The molecule has 0 fully saturated rings. The number of hydrogen-bond acceptors (Lipinski definition) is 0. The fourth-order valence-corrected chi connectivity index (χ4v) is 2.31. The van der Waals surface area contributed by atoms with Crippen LogP contribution >= 0.6 is 30.6 Å². The van der Waals surface area contributed by atoms with E-state index in [1.54, 1.807) is 0 Å². The van der Waals surface area contributed by atoms with E-state index >= 15 is 0 Å². The molecular formula is C5H10Br2Si. The van der Waals surface area contributed by atoms with Gasteiger partial charge in [-0.2, -0.15) is 0 Å². The summed E-state index contributed by atoms with van der Waals surface area (Å²) in [7, 11) is 0. The normalized spacial score (nSPS) is 10.0. The Morgan fingerprint density at radius 1 is 1.62 bits per heavy atom. The molecule has 48 valence electrons. The van der Waals surface area contributed by atoms with Crippen molar-refractivity contribution in [3.8, 4) is 0 Å². The van der Waals surface area contributed by atoms with Crippen LogP contribution in [-0.4, -0.2) is 6.04 Å². The largest absolute Gasteiger partial charge is 0.211 e. The summed E-state index contributed by atoms with van der Waals surface area (Å²) in [5, 5.41) is 1.35. The Bertz CT molecular complexity index is 80.5. The second-order valence-corrected chi connectivity index (χ2v) is 12.3. The van der Waals surface area contributed by atoms with E-state index in [0.29, 0.717) is 0 Å². The van der Waals surface area contributed by atoms with Crippen molar-refractivity contribution < 1.29 is 0 Å². The first-order valence-electron chi connectivity index (χ1n) is 2.64. The first-order valence-corrected chi connectivity index (χ1v) is 9.58. The van der Waals surface area contributed by atoms with Crippen molar-refractivity contribution in [1.82, 2.24) is 0 Å². The molecule has 0 aromatic carbocycles. The van der Waals surface area contributed by atoms with Crippen LogP contribution in [0.15, 0.2) is 11.8 Å². The molecule has 0 N–H and O–H groups in total. The smallest absolute Gasteiger partial charge is 0.110 e. The van der Waals surface area contributed by atoms with E-state index in [4.69, 9.17) is 0 Å². The maximum absolute atomic E-state index is 3.91. The van der Waals surface area contributed by atoms with Crippen LogP contribution in [0.1, 0.15) is 19.8 Å². The molecule has 0 heterocycles. The lowest BCUT2D eigenvalue weighted by molar-refractivity contribution is 0.946. The van der Waals surface area contributed by atoms with Gasteiger partial charge < -0.3 is 0 Å². The molecule has 0 aliphatic rings. The van der Waals surface area contributed by atoms with Gasteiger partial charge in [-0.15, -0.1) is 37.2 Å². The molecule has 0 amide bonds. The van der Waals surface area contributed by atoms with Crippen LogP contribution in [0.3, 0.4) is 0 Å². The average molecular weight is 258 g/mol. The third kappa shape index (κ3) is 3.86. The number of hydrogen-bond donors (Lipinski definition) is 0. The topological polar surface area (TPSA) is 0 Å². The molecule has 0 bridgehead atoms. The Labute approximate surface area is 68.1 Å². The van der Waals surface area contributed by atoms with Gasteiger partial charge >= 0.3 is 0 Å². The molecule has 0 atom stereocenters. The lowest BCUT2D eigenvalue weighted by Crippen LogP contribution is -1.94. The molecule has 0 aromatic heterocycles. The van der Waals surface area contributed by atoms with Crippen LogP contribution in [0.4, 0.5) is 0 Å². The average Bonchev–Trinajstić information content (AvgIpc) is 1.67. The van der Waals surface area contributed by atoms with Crippen molar-refractivity contribution in [2.75, 3.05) is 0 Å². The van der Waals surface area contributed by atoms with Crippen molar-refractivity contribution in [2.45, 2.75) is 19.8 Å². The maximum atomic E-state index is 3.91. The van der Waals surface area contributed by atoms with Crippen LogP contribution in [0.5, 0.6) is 0 Å². The van der Waals surface area contributed by atoms with Gasteiger partial charge in [0.25, 0.3) is 0 Å². The summed E-state index contributed by atoms with van der Waals surface area (Å²) in [6.07, 6.45) is 2.37. The van der Waals surface area contributed by atoms with Gasteiger partial charge in [0.05, 0.1) is 0 Å². The van der Waals surface area contributed by atoms with E-state index in [2.05, 4.69) is 44.1 Å². The molecule has 0 saturated carbocycles. The standard InChI is InChI=1S/C5H10Br2Si/c1-3-4-5(2)8(6)7/h8H,2-4H2,1H3. The minimum Gasteiger partial charge on any atom is -0.110 e. The van der Waals surface area contributed by atoms with Crippen LogP contribution < -0.4 is 0 Å². The predicted octanol–water partition coefficient (Wildman–Crippen LogP) is 2.89. The molecule has 0 aliphatic heterocycles. The van der Waals surface area contributed by atoms with Crippen molar-refractivity contribution >= 4 is 36.6 Å². The zero-order valence-corrected chi connectivity index (χ0v) is 9.28. The van der Waals surface area contributed by atoms with Gasteiger partial charge in [0.2, 0.25) is 6.04 Å².